The number of alkyl halides is 3. The Morgan fingerprint density at radius 1 is 1.12 bits per heavy atom. The first-order valence-corrected chi connectivity index (χ1v) is 10.3. The highest BCUT2D eigenvalue weighted by molar-refractivity contribution is 5.96. The summed E-state index contributed by atoms with van der Waals surface area (Å²) in [5.41, 5.74) is 0.277. The number of carbonyl (C=O) groups excluding carboxylic acids is 1. The van der Waals surface area contributed by atoms with Gasteiger partial charge in [0.1, 0.15) is 0 Å². The number of aromatic nitrogens is 2. The molecule has 2 aromatic carbocycles. The fraction of sp³-hybridized carbons (Fsp3) is 0.348. The summed E-state index contributed by atoms with van der Waals surface area (Å²) in [6.45, 7) is 4.06. The molecule has 1 aromatic heterocycles. The van der Waals surface area contributed by atoms with Crippen molar-refractivity contribution < 1.29 is 32.0 Å². The summed E-state index contributed by atoms with van der Waals surface area (Å²) in [4.78, 5) is 18.4. The molecule has 0 radical (unpaired) electrons. The highest BCUT2D eigenvalue weighted by Gasteiger charge is 2.36. The minimum Gasteiger partial charge on any atom is -0.493 e. The molecule has 2 heterocycles. The molecule has 1 atom stereocenters. The zero-order valence-corrected chi connectivity index (χ0v) is 18.2. The van der Waals surface area contributed by atoms with Crippen LogP contribution in [0.3, 0.4) is 0 Å². The zero-order valence-electron chi connectivity index (χ0n) is 18.2. The summed E-state index contributed by atoms with van der Waals surface area (Å²) < 4.78 is 54.9. The van der Waals surface area contributed by atoms with Gasteiger partial charge in [0.15, 0.2) is 11.5 Å². The molecule has 1 unspecified atom stereocenters. The van der Waals surface area contributed by atoms with Gasteiger partial charge in [-0.15, -0.1) is 0 Å². The molecule has 0 aliphatic carbocycles. The van der Waals surface area contributed by atoms with E-state index in [0.29, 0.717) is 28.6 Å². The Bertz CT molecular complexity index is 1140. The summed E-state index contributed by atoms with van der Waals surface area (Å²) in [7, 11) is 1.54. The summed E-state index contributed by atoms with van der Waals surface area (Å²) in [6, 6.07) is 9.77. The van der Waals surface area contributed by atoms with Crippen molar-refractivity contribution >= 4 is 11.6 Å². The van der Waals surface area contributed by atoms with Gasteiger partial charge in [-0.1, -0.05) is 5.16 Å². The number of hydrogen-bond acceptors (Lipinski definition) is 6. The van der Waals surface area contributed by atoms with Crippen molar-refractivity contribution in [3.63, 3.8) is 0 Å². The first-order valence-electron chi connectivity index (χ1n) is 10.3. The quantitative estimate of drug-likeness (QED) is 0.510. The molecule has 1 saturated heterocycles. The van der Waals surface area contributed by atoms with E-state index in [1.807, 2.05) is 13.8 Å². The molecule has 0 saturated carbocycles. The number of methoxy groups -OCH3 is 1. The van der Waals surface area contributed by atoms with Crippen LogP contribution in [0.1, 0.15) is 37.6 Å². The van der Waals surface area contributed by atoms with Gasteiger partial charge >= 0.3 is 6.18 Å². The second kappa shape index (κ2) is 8.76. The minimum absolute atomic E-state index is 0.0194. The minimum atomic E-state index is -4.43. The fourth-order valence-corrected chi connectivity index (χ4v) is 3.63. The first-order chi connectivity index (χ1) is 15.7. The maximum Gasteiger partial charge on any atom is 0.416 e. The van der Waals surface area contributed by atoms with Crippen molar-refractivity contribution in [3.8, 4) is 22.9 Å². The molecule has 3 aromatic rings. The van der Waals surface area contributed by atoms with E-state index in [1.54, 1.807) is 18.2 Å². The molecule has 4 rings (SSSR count). The van der Waals surface area contributed by atoms with Crippen molar-refractivity contribution in [1.82, 2.24) is 10.1 Å². The van der Waals surface area contributed by atoms with Gasteiger partial charge in [-0.2, -0.15) is 18.2 Å². The van der Waals surface area contributed by atoms with Gasteiger partial charge in [-0.3, -0.25) is 4.79 Å². The summed E-state index contributed by atoms with van der Waals surface area (Å²) in [6.07, 6.45) is -4.33. The summed E-state index contributed by atoms with van der Waals surface area (Å²) in [5.74, 6) is 1.14. The van der Waals surface area contributed by atoms with Crippen LogP contribution in [0, 0.1) is 0 Å². The summed E-state index contributed by atoms with van der Waals surface area (Å²) >= 11 is 0. The molecule has 33 heavy (non-hydrogen) atoms. The van der Waals surface area contributed by atoms with Crippen molar-refractivity contribution in [3.05, 3.63) is 53.9 Å². The number of halogens is 3. The van der Waals surface area contributed by atoms with E-state index < -0.39 is 11.7 Å². The predicted octanol–water partition coefficient (Wildman–Crippen LogP) is 5.07. The van der Waals surface area contributed by atoms with Gasteiger partial charge in [-0.05, 0) is 56.3 Å². The maximum atomic E-state index is 12.8. The molecule has 0 spiro atoms. The number of nitrogens with zero attached hydrogens (tertiary/aromatic N) is 3. The molecule has 10 heteroatoms. The Morgan fingerprint density at radius 2 is 1.85 bits per heavy atom. The molecule has 0 N–H and O–H groups in total. The normalized spacial score (nSPS) is 16.5. The van der Waals surface area contributed by atoms with Crippen molar-refractivity contribution in [2.24, 2.45) is 0 Å². The number of anilines is 1. The molecule has 0 bridgehead atoms. The van der Waals surface area contributed by atoms with Crippen LogP contribution in [0.25, 0.3) is 11.4 Å². The largest absolute Gasteiger partial charge is 0.493 e. The standard InChI is InChI=1S/C23H22F3N3O4/c1-13(2)32-18-9-4-14(10-19(18)31-3)21-27-22(33-28-21)15-11-20(30)29(12-15)17-7-5-16(6-8-17)23(24,25)26/h4-10,13,15H,11-12H2,1-3H3. The van der Waals surface area contributed by atoms with E-state index >= 15 is 0 Å². The highest BCUT2D eigenvalue weighted by atomic mass is 19.4. The SMILES string of the molecule is COc1cc(-c2noc(C3CC(=O)N(c4ccc(C(F)(F)F)cc4)C3)n2)ccc1OC(C)C. The van der Waals surface area contributed by atoms with Crippen LogP contribution in [0.5, 0.6) is 11.5 Å². The van der Waals surface area contributed by atoms with Crippen molar-refractivity contribution in [2.45, 2.75) is 38.5 Å². The number of ether oxygens (including phenoxy) is 2. The molecule has 1 amide bonds. The molecular formula is C23H22F3N3O4. The number of carbonyl (C=O) groups is 1. The highest BCUT2D eigenvalue weighted by Crippen LogP contribution is 2.36. The smallest absolute Gasteiger partial charge is 0.416 e. The number of hydrogen-bond donors (Lipinski definition) is 0. The lowest BCUT2D eigenvalue weighted by molar-refractivity contribution is -0.137. The fourth-order valence-electron chi connectivity index (χ4n) is 3.63. The van der Waals surface area contributed by atoms with Gasteiger partial charge in [0.25, 0.3) is 0 Å². The van der Waals surface area contributed by atoms with Crippen LogP contribution in [0.4, 0.5) is 18.9 Å². The lowest BCUT2D eigenvalue weighted by atomic mass is 10.1. The Balaban J connectivity index is 1.51. The second-order valence-electron chi connectivity index (χ2n) is 7.94. The molecule has 1 aliphatic heterocycles. The first kappa shape index (κ1) is 22.6. The molecule has 1 aliphatic rings. The Kier molecular flexibility index (Phi) is 6.01. The number of rotatable bonds is 6. The van der Waals surface area contributed by atoms with Gasteiger partial charge in [0.2, 0.25) is 17.6 Å². The lowest BCUT2D eigenvalue weighted by Crippen LogP contribution is -2.24. The van der Waals surface area contributed by atoms with E-state index in [9.17, 15) is 18.0 Å². The van der Waals surface area contributed by atoms with Crippen LogP contribution in [0.15, 0.2) is 47.0 Å². The average Bonchev–Trinajstić information content (AvgIpc) is 3.40. The Labute approximate surface area is 188 Å². The number of amides is 1. The molecule has 1 fully saturated rings. The van der Waals surface area contributed by atoms with Crippen molar-refractivity contribution in [2.75, 3.05) is 18.6 Å². The topological polar surface area (TPSA) is 77.7 Å². The van der Waals surface area contributed by atoms with E-state index in [1.165, 1.54) is 24.1 Å². The Morgan fingerprint density at radius 3 is 2.48 bits per heavy atom. The Hall–Kier alpha value is -3.56. The lowest BCUT2D eigenvalue weighted by Gasteiger charge is -2.17. The molecular weight excluding hydrogens is 439 g/mol. The van der Waals surface area contributed by atoms with Gasteiger partial charge < -0.3 is 18.9 Å². The third kappa shape index (κ3) is 4.79. The van der Waals surface area contributed by atoms with Crippen molar-refractivity contribution in [1.29, 1.82) is 0 Å². The summed E-state index contributed by atoms with van der Waals surface area (Å²) in [5, 5.41) is 4.02. The van der Waals surface area contributed by atoms with Crippen LogP contribution in [0.2, 0.25) is 0 Å². The van der Waals surface area contributed by atoms with E-state index in [4.69, 9.17) is 14.0 Å². The van der Waals surface area contributed by atoms with E-state index in [-0.39, 0.29) is 36.8 Å². The monoisotopic (exact) mass is 461 g/mol. The van der Waals surface area contributed by atoms with Gasteiger partial charge in [-0.25, -0.2) is 0 Å². The van der Waals surface area contributed by atoms with E-state index in [2.05, 4.69) is 10.1 Å². The van der Waals surface area contributed by atoms with Crippen LogP contribution in [-0.4, -0.2) is 35.8 Å². The van der Waals surface area contributed by atoms with Crippen LogP contribution in [-0.2, 0) is 11.0 Å². The average molecular weight is 461 g/mol. The van der Waals surface area contributed by atoms with Crippen LogP contribution >= 0.6 is 0 Å². The maximum absolute atomic E-state index is 12.8. The van der Waals surface area contributed by atoms with E-state index in [0.717, 1.165) is 12.1 Å². The number of benzene rings is 2. The molecule has 7 nitrogen and oxygen atoms in total. The zero-order chi connectivity index (χ0) is 23.8. The molecule has 174 valence electrons. The van der Waals surface area contributed by atoms with Crippen LogP contribution < -0.4 is 14.4 Å². The van der Waals surface area contributed by atoms with Gasteiger partial charge in [0, 0.05) is 24.2 Å². The third-order valence-corrected chi connectivity index (χ3v) is 5.21. The third-order valence-electron chi connectivity index (χ3n) is 5.21. The second-order valence-corrected chi connectivity index (χ2v) is 7.94. The van der Waals surface area contributed by atoms with Gasteiger partial charge in [0.05, 0.1) is 24.7 Å². The predicted molar refractivity (Wildman–Crippen MR) is 113 cm³/mol.